The number of nitrogens with zero attached hydrogens (tertiary/aromatic N) is 2. The summed E-state index contributed by atoms with van der Waals surface area (Å²) < 4.78 is 22.8. The molecule has 1 N–H and O–H groups in total. The molecule has 1 aromatic carbocycles. The van der Waals surface area contributed by atoms with Gasteiger partial charge in [-0.25, -0.2) is 9.18 Å². The maximum absolute atomic E-state index is 12.8. The first kappa shape index (κ1) is 15.6. The van der Waals surface area contributed by atoms with E-state index in [1.54, 1.807) is 6.92 Å². The first-order chi connectivity index (χ1) is 10.6. The quantitative estimate of drug-likeness (QED) is 0.656. The van der Waals surface area contributed by atoms with Crippen molar-refractivity contribution >= 4 is 11.9 Å². The van der Waals surface area contributed by atoms with Gasteiger partial charge in [0.1, 0.15) is 5.82 Å². The molecule has 2 rings (SSSR count). The summed E-state index contributed by atoms with van der Waals surface area (Å²) in [6.07, 6.45) is 0.263. The SMILES string of the molecule is CCOC(=O)C(=O)NCCc1nnc(-c2ccc(F)cc2)o1. The minimum absolute atomic E-state index is 0.136. The van der Waals surface area contributed by atoms with E-state index in [0.717, 1.165) is 0 Å². The van der Waals surface area contributed by atoms with Crippen LogP contribution in [0.15, 0.2) is 28.7 Å². The molecule has 0 spiro atoms. The number of nitrogens with one attached hydrogen (secondary N) is 1. The lowest BCUT2D eigenvalue weighted by atomic mass is 10.2. The molecule has 0 aliphatic carbocycles. The molecule has 8 heteroatoms. The zero-order chi connectivity index (χ0) is 15.9. The summed E-state index contributed by atoms with van der Waals surface area (Å²) in [5, 5.41) is 10.0. The molecule has 1 amide bonds. The first-order valence-corrected chi connectivity index (χ1v) is 6.63. The zero-order valence-corrected chi connectivity index (χ0v) is 11.8. The average molecular weight is 307 g/mol. The monoisotopic (exact) mass is 307 g/mol. The lowest BCUT2D eigenvalue weighted by molar-refractivity contribution is -0.154. The predicted octanol–water partition coefficient (Wildman–Crippen LogP) is 1.10. The molecule has 22 heavy (non-hydrogen) atoms. The summed E-state index contributed by atoms with van der Waals surface area (Å²) in [6.45, 7) is 1.90. The van der Waals surface area contributed by atoms with E-state index in [-0.39, 0.29) is 31.3 Å². The topological polar surface area (TPSA) is 94.3 Å². The van der Waals surface area contributed by atoms with Crippen LogP contribution in [0, 0.1) is 5.82 Å². The van der Waals surface area contributed by atoms with E-state index in [1.165, 1.54) is 24.3 Å². The van der Waals surface area contributed by atoms with E-state index in [1.807, 2.05) is 0 Å². The molecule has 1 aromatic heterocycles. The molecule has 1 heterocycles. The molecular weight excluding hydrogens is 293 g/mol. The number of rotatable bonds is 5. The Balaban J connectivity index is 1.86. The zero-order valence-electron chi connectivity index (χ0n) is 11.8. The van der Waals surface area contributed by atoms with Gasteiger partial charge in [-0.2, -0.15) is 0 Å². The summed E-state index contributed by atoms with van der Waals surface area (Å²) in [5.41, 5.74) is 0.593. The Hall–Kier alpha value is -2.77. The number of carbonyl (C=O) groups is 2. The molecule has 0 fully saturated rings. The van der Waals surface area contributed by atoms with Gasteiger partial charge in [0.05, 0.1) is 6.61 Å². The van der Waals surface area contributed by atoms with E-state index in [9.17, 15) is 14.0 Å². The Labute approximate surface area is 125 Å². The highest BCUT2D eigenvalue weighted by Gasteiger charge is 2.14. The maximum Gasteiger partial charge on any atom is 0.396 e. The second kappa shape index (κ2) is 7.30. The molecule has 0 atom stereocenters. The highest BCUT2D eigenvalue weighted by molar-refractivity contribution is 6.32. The Bertz CT molecular complexity index is 654. The molecule has 0 radical (unpaired) electrons. The van der Waals surface area contributed by atoms with Gasteiger partial charge in [-0.3, -0.25) is 4.79 Å². The minimum Gasteiger partial charge on any atom is -0.459 e. The molecule has 0 saturated heterocycles. The predicted molar refractivity (Wildman–Crippen MR) is 73.0 cm³/mol. The van der Waals surface area contributed by atoms with Crippen molar-refractivity contribution in [3.63, 3.8) is 0 Å². The van der Waals surface area contributed by atoms with Gasteiger partial charge in [-0.15, -0.1) is 10.2 Å². The van der Waals surface area contributed by atoms with Crippen LogP contribution in [-0.4, -0.2) is 35.2 Å². The van der Waals surface area contributed by atoms with E-state index in [4.69, 9.17) is 4.42 Å². The first-order valence-electron chi connectivity index (χ1n) is 6.63. The Morgan fingerprint density at radius 1 is 1.27 bits per heavy atom. The Kier molecular flexibility index (Phi) is 5.18. The lowest BCUT2D eigenvalue weighted by Gasteiger charge is -2.02. The molecule has 2 aromatic rings. The van der Waals surface area contributed by atoms with Gasteiger partial charge < -0.3 is 14.5 Å². The second-order valence-corrected chi connectivity index (χ2v) is 4.23. The highest BCUT2D eigenvalue weighted by Crippen LogP contribution is 2.17. The third kappa shape index (κ3) is 4.11. The van der Waals surface area contributed by atoms with Crippen LogP contribution in [0.4, 0.5) is 4.39 Å². The third-order valence-electron chi connectivity index (χ3n) is 2.64. The standard InChI is InChI=1S/C14H14FN3O4/c1-2-21-14(20)12(19)16-8-7-11-17-18-13(22-11)9-3-5-10(15)6-4-9/h3-6H,2,7-8H2,1H3,(H,16,19). The van der Waals surface area contributed by atoms with E-state index in [0.29, 0.717) is 11.5 Å². The molecular formula is C14H14FN3O4. The van der Waals surface area contributed by atoms with Crippen LogP contribution in [-0.2, 0) is 20.7 Å². The van der Waals surface area contributed by atoms with Gasteiger partial charge in [0.2, 0.25) is 11.8 Å². The molecule has 0 saturated carbocycles. The summed E-state index contributed by atoms with van der Waals surface area (Å²) in [7, 11) is 0. The van der Waals surface area contributed by atoms with Crippen LogP contribution in [0.3, 0.4) is 0 Å². The van der Waals surface area contributed by atoms with E-state index in [2.05, 4.69) is 20.3 Å². The third-order valence-corrected chi connectivity index (χ3v) is 2.64. The summed E-state index contributed by atoms with van der Waals surface area (Å²) in [4.78, 5) is 22.4. The Morgan fingerprint density at radius 2 is 2.00 bits per heavy atom. The second-order valence-electron chi connectivity index (χ2n) is 4.23. The fourth-order valence-electron chi connectivity index (χ4n) is 1.62. The fraction of sp³-hybridized carbons (Fsp3) is 0.286. The molecule has 0 bridgehead atoms. The summed E-state index contributed by atoms with van der Waals surface area (Å²) in [5.74, 6) is -1.56. The van der Waals surface area contributed by atoms with Crippen LogP contribution in [0.1, 0.15) is 12.8 Å². The number of halogens is 1. The number of ether oxygens (including phenoxy) is 1. The normalized spacial score (nSPS) is 10.3. The van der Waals surface area contributed by atoms with Crippen molar-refractivity contribution in [3.05, 3.63) is 36.0 Å². The van der Waals surface area contributed by atoms with Crippen molar-refractivity contribution < 1.29 is 23.1 Å². The van der Waals surface area contributed by atoms with Gasteiger partial charge in [0.15, 0.2) is 0 Å². The molecule has 7 nitrogen and oxygen atoms in total. The summed E-state index contributed by atoms with van der Waals surface area (Å²) >= 11 is 0. The van der Waals surface area contributed by atoms with E-state index >= 15 is 0 Å². The van der Waals surface area contributed by atoms with Crippen LogP contribution in [0.2, 0.25) is 0 Å². The number of carbonyl (C=O) groups excluding carboxylic acids is 2. The largest absolute Gasteiger partial charge is 0.459 e. The molecule has 0 unspecified atom stereocenters. The van der Waals surface area contributed by atoms with Crippen molar-refractivity contribution in [1.82, 2.24) is 15.5 Å². The van der Waals surface area contributed by atoms with Gasteiger partial charge in [-0.1, -0.05) is 0 Å². The van der Waals surface area contributed by atoms with Crippen molar-refractivity contribution in [1.29, 1.82) is 0 Å². The number of aromatic nitrogens is 2. The van der Waals surface area contributed by atoms with Crippen LogP contribution >= 0.6 is 0 Å². The fourth-order valence-corrected chi connectivity index (χ4v) is 1.62. The smallest absolute Gasteiger partial charge is 0.396 e. The van der Waals surface area contributed by atoms with Gasteiger partial charge in [0.25, 0.3) is 0 Å². The minimum atomic E-state index is -0.931. The van der Waals surface area contributed by atoms with Crippen molar-refractivity contribution in [3.8, 4) is 11.5 Å². The number of amides is 1. The van der Waals surface area contributed by atoms with Crippen molar-refractivity contribution in [2.24, 2.45) is 0 Å². The van der Waals surface area contributed by atoms with Gasteiger partial charge in [-0.05, 0) is 31.2 Å². The maximum atomic E-state index is 12.8. The lowest BCUT2D eigenvalue weighted by Crippen LogP contribution is -2.33. The number of benzene rings is 1. The number of hydrogen-bond acceptors (Lipinski definition) is 6. The molecule has 0 aliphatic heterocycles. The Morgan fingerprint density at radius 3 is 2.68 bits per heavy atom. The molecule has 0 aliphatic rings. The average Bonchev–Trinajstić information content (AvgIpc) is 2.97. The molecule has 116 valence electrons. The van der Waals surface area contributed by atoms with Crippen LogP contribution in [0.5, 0.6) is 0 Å². The van der Waals surface area contributed by atoms with Crippen molar-refractivity contribution in [2.45, 2.75) is 13.3 Å². The van der Waals surface area contributed by atoms with Crippen LogP contribution < -0.4 is 5.32 Å². The van der Waals surface area contributed by atoms with E-state index < -0.39 is 11.9 Å². The van der Waals surface area contributed by atoms with Gasteiger partial charge >= 0.3 is 11.9 Å². The van der Waals surface area contributed by atoms with Crippen LogP contribution in [0.25, 0.3) is 11.5 Å². The number of hydrogen-bond donors (Lipinski definition) is 1. The summed E-state index contributed by atoms with van der Waals surface area (Å²) in [6, 6.07) is 5.63. The number of esters is 1. The van der Waals surface area contributed by atoms with Crippen molar-refractivity contribution in [2.75, 3.05) is 13.2 Å². The van der Waals surface area contributed by atoms with Gasteiger partial charge in [0, 0.05) is 18.5 Å². The highest BCUT2D eigenvalue weighted by atomic mass is 19.1.